The molecule has 0 aromatic heterocycles. The lowest BCUT2D eigenvalue weighted by molar-refractivity contribution is -0.143. The Morgan fingerprint density at radius 2 is 0.420 bits per heavy atom. The van der Waals surface area contributed by atoms with Gasteiger partial charge >= 0.3 is 5.97 Å². The SMILES string of the molecule is NC(N)=NCCC[C@H](CC(=O)[C@H](CCCN=C(N)N)NC(=O)[C@H](CCCN=C(N)N)CC(=O)[C@H](CCCN=C(N)N)NC(=O)[C@H](CCCN=C(N)N)CC(=O)[C@H](CCCN=C(N)N)NC(=O)[C@H](CCCN=C(N)N)CC(=O)[C@@H](N)CCCN=C(N)N)C(=O)N[C@@H](CCCN=C(N)N)C(=O)O. The lowest BCUT2D eigenvalue weighted by Gasteiger charge is -2.27. The molecule has 0 saturated heterocycles. The van der Waals surface area contributed by atoms with Crippen LogP contribution in [0.5, 0.6) is 0 Å². The first-order chi connectivity index (χ1) is 47.1. The summed E-state index contributed by atoms with van der Waals surface area (Å²) in [6.45, 7) is 0.375. The van der Waals surface area contributed by atoms with E-state index >= 15 is 0 Å². The first kappa shape index (κ1) is 89.4. The van der Waals surface area contributed by atoms with E-state index in [-0.39, 0.29) is 228 Å². The molecule has 0 radical (unpaired) electrons. The van der Waals surface area contributed by atoms with Gasteiger partial charge in [0.2, 0.25) is 23.6 Å². The molecule has 0 aliphatic heterocycles. The Hall–Kier alpha value is -10.6. The van der Waals surface area contributed by atoms with Crippen LogP contribution >= 0.6 is 0 Å². The predicted molar refractivity (Wildman–Crippen MR) is 385 cm³/mol. The normalized spacial score (nSPS) is 13.4. The molecule has 4 amide bonds. The number of aliphatic imine (C=N–C) groups is 9. The number of carbonyl (C=O) groups is 9. The molecule has 42 heteroatoms. The van der Waals surface area contributed by atoms with Crippen LogP contribution in [0.3, 0.4) is 0 Å². The highest BCUT2D eigenvalue weighted by Gasteiger charge is 2.36. The van der Waals surface area contributed by atoms with Gasteiger partial charge in [0.1, 0.15) is 11.8 Å². The zero-order valence-corrected chi connectivity index (χ0v) is 57.2. The summed E-state index contributed by atoms with van der Waals surface area (Å²) in [6, 6.07) is -6.49. The molecular formula is C58H114N32O10. The van der Waals surface area contributed by atoms with Crippen LogP contribution in [0, 0.1) is 23.7 Å². The maximum absolute atomic E-state index is 15.0. The summed E-state index contributed by atoms with van der Waals surface area (Å²) in [5.41, 5.74) is 106. The number of hydrogen-bond acceptors (Lipinski definition) is 19. The van der Waals surface area contributed by atoms with E-state index in [9.17, 15) is 48.3 Å². The minimum atomic E-state index is -1.42. The van der Waals surface area contributed by atoms with Crippen LogP contribution in [0.15, 0.2) is 44.9 Å². The Kier molecular flexibility index (Phi) is 46.2. The molecule has 0 spiro atoms. The zero-order chi connectivity index (χ0) is 75.7. The summed E-state index contributed by atoms with van der Waals surface area (Å²) in [7, 11) is 0. The minimum absolute atomic E-state index is 0.00151. The second kappa shape index (κ2) is 51.6. The monoisotopic (exact) mass is 1420 g/mol. The smallest absolute Gasteiger partial charge is 0.326 e. The number of rotatable bonds is 57. The first-order valence-electron chi connectivity index (χ1n) is 32.9. The minimum Gasteiger partial charge on any atom is -0.480 e. The Labute approximate surface area is 582 Å². The van der Waals surface area contributed by atoms with Crippen molar-refractivity contribution in [2.24, 2.45) is 178 Å². The van der Waals surface area contributed by atoms with Crippen LogP contribution in [0.25, 0.3) is 0 Å². The van der Waals surface area contributed by atoms with Crippen molar-refractivity contribution < 1.29 is 48.3 Å². The van der Waals surface area contributed by atoms with Crippen LogP contribution < -0.4 is 130 Å². The van der Waals surface area contributed by atoms with Gasteiger partial charge in [0.15, 0.2) is 71.0 Å². The van der Waals surface area contributed by atoms with Crippen molar-refractivity contribution in [2.45, 2.75) is 171 Å². The van der Waals surface area contributed by atoms with E-state index in [4.69, 9.17) is 109 Å². The molecule has 0 fully saturated rings. The van der Waals surface area contributed by atoms with Crippen LogP contribution in [0.1, 0.15) is 141 Å². The molecular weight excluding hydrogens is 1300 g/mol. The summed E-state index contributed by atoms with van der Waals surface area (Å²) >= 11 is 0. The number of nitrogens with one attached hydrogen (secondary N) is 4. The molecule has 0 bridgehead atoms. The van der Waals surface area contributed by atoms with E-state index in [1.807, 2.05) is 0 Å². The molecule has 0 aliphatic rings. The van der Waals surface area contributed by atoms with Crippen LogP contribution in [0.4, 0.5) is 0 Å². The second-order valence-electron chi connectivity index (χ2n) is 23.7. The van der Waals surface area contributed by atoms with Gasteiger partial charge in [-0.15, -0.1) is 0 Å². The molecule has 566 valence electrons. The van der Waals surface area contributed by atoms with Gasteiger partial charge in [-0.05, 0) is 116 Å². The molecule has 0 unspecified atom stereocenters. The van der Waals surface area contributed by atoms with Gasteiger partial charge < -0.3 is 135 Å². The standard InChI is InChI=1S/C58H114N32O10/c59-36(14-5-23-82-54(68)69)41(91)28-32(10-1-19-78-50(60)61)45(95)87-37(15-6-24-83-55(70)71)42(92)29-33(11-2-20-79-51(62)63)46(96)88-38(16-7-25-84-56(72)73)43(93)30-34(12-3-21-80-52(64)65)47(97)89-39(17-8-26-85-57(74)75)44(94)31-35(13-4-22-81-53(66)67)48(98)90-40(49(99)100)18-9-27-86-58(76)77/h32-40H,1-31,59H2,(H,87,95)(H,88,96)(H,89,97)(H,90,98)(H,99,100)(H4,60,61,78)(H4,62,63,79)(H4,64,65,80)(H4,66,67,81)(H4,68,69,82)(H4,70,71,83)(H4,72,73,84)(H4,74,75,85)(H4,76,77,86)/t32-,33-,34-,35-,36+,37+,38+,39+,40+/m1/s1. The maximum atomic E-state index is 15.0. The predicted octanol–water partition coefficient (Wildman–Crippen LogP) is -8.88. The number of hydrogen-bond donors (Lipinski definition) is 24. The highest BCUT2D eigenvalue weighted by molar-refractivity contribution is 5.98. The van der Waals surface area contributed by atoms with Crippen molar-refractivity contribution in [2.75, 3.05) is 58.9 Å². The largest absolute Gasteiger partial charge is 0.480 e. The van der Waals surface area contributed by atoms with Gasteiger partial charge in [-0.3, -0.25) is 83.3 Å². The lowest BCUT2D eigenvalue weighted by Crippen LogP contribution is -2.49. The highest BCUT2D eigenvalue weighted by atomic mass is 16.4. The van der Waals surface area contributed by atoms with E-state index in [0.29, 0.717) is 6.42 Å². The van der Waals surface area contributed by atoms with Gasteiger partial charge in [-0.1, -0.05) is 0 Å². The maximum Gasteiger partial charge on any atom is 0.326 e. The number of nitrogens with zero attached hydrogens (tertiary/aromatic N) is 9. The van der Waals surface area contributed by atoms with E-state index in [0.717, 1.165) is 0 Å². The van der Waals surface area contributed by atoms with Crippen molar-refractivity contribution in [3.63, 3.8) is 0 Å². The first-order valence-corrected chi connectivity index (χ1v) is 32.9. The molecule has 42 nitrogen and oxygen atoms in total. The van der Waals surface area contributed by atoms with E-state index in [1.54, 1.807) is 0 Å². The average Bonchev–Trinajstić information content (AvgIpc) is 0.866. The quantitative estimate of drug-likeness (QED) is 0.0153. The van der Waals surface area contributed by atoms with Crippen molar-refractivity contribution in [3.8, 4) is 0 Å². The second-order valence-corrected chi connectivity index (χ2v) is 23.7. The number of amides is 4. The average molecular weight is 1420 g/mol. The molecule has 43 N–H and O–H groups in total. The van der Waals surface area contributed by atoms with E-state index in [1.165, 1.54) is 0 Å². The van der Waals surface area contributed by atoms with Crippen molar-refractivity contribution >= 4 is 106 Å². The van der Waals surface area contributed by atoms with Crippen LogP contribution in [-0.2, 0) is 43.2 Å². The number of guanidine groups is 9. The number of Topliss-reactive ketones (excluding diaryl/α,β-unsaturated/α-hetero) is 4. The summed E-state index contributed by atoms with van der Waals surface area (Å²) in [5.74, 6) is -13.8. The van der Waals surface area contributed by atoms with Gasteiger partial charge in [-0.2, -0.15) is 0 Å². The van der Waals surface area contributed by atoms with E-state index in [2.05, 4.69) is 66.2 Å². The fourth-order valence-corrected chi connectivity index (χ4v) is 10.1. The molecule has 100 heavy (non-hydrogen) atoms. The lowest BCUT2D eigenvalue weighted by atomic mass is 9.88. The Balaban J connectivity index is 7.75. The number of ketones is 4. The molecule has 9 atom stereocenters. The molecule has 0 aliphatic carbocycles. The fourth-order valence-electron chi connectivity index (χ4n) is 10.1. The Bertz CT molecular complexity index is 2850. The Morgan fingerprint density at radius 3 is 0.620 bits per heavy atom. The third-order valence-electron chi connectivity index (χ3n) is 15.2. The molecule has 0 rings (SSSR count). The third-order valence-corrected chi connectivity index (χ3v) is 15.2. The third kappa shape index (κ3) is 45.0. The van der Waals surface area contributed by atoms with Gasteiger partial charge in [-0.25, -0.2) is 4.79 Å². The number of aliphatic carboxylic acids is 1. The molecule has 0 aromatic carbocycles. The summed E-state index contributed by atoms with van der Waals surface area (Å²) < 4.78 is 0. The molecule has 0 heterocycles. The molecule has 0 aromatic rings. The number of nitrogens with two attached hydrogens (primary N) is 19. The van der Waals surface area contributed by atoms with Crippen molar-refractivity contribution in [1.29, 1.82) is 0 Å². The zero-order valence-electron chi connectivity index (χ0n) is 57.2. The van der Waals surface area contributed by atoms with Crippen LogP contribution in [0.2, 0.25) is 0 Å². The van der Waals surface area contributed by atoms with Crippen LogP contribution in [-0.4, -0.2) is 201 Å². The summed E-state index contributed by atoms with van der Waals surface area (Å²) in [5, 5.41) is 20.9. The highest BCUT2D eigenvalue weighted by Crippen LogP contribution is 2.23. The summed E-state index contributed by atoms with van der Waals surface area (Å²) in [6.07, 6.45) is -0.814. The van der Waals surface area contributed by atoms with Gasteiger partial charge in [0.25, 0.3) is 0 Å². The van der Waals surface area contributed by atoms with Gasteiger partial charge in [0, 0.05) is 108 Å². The fraction of sp³-hybridized carbons (Fsp3) is 0.690. The topological polar surface area (TPSA) is 828 Å². The van der Waals surface area contributed by atoms with Crippen molar-refractivity contribution in [1.82, 2.24) is 21.3 Å². The number of carbonyl (C=O) groups excluding carboxylic acids is 8. The van der Waals surface area contributed by atoms with E-state index < -0.39 is 126 Å². The molecule has 0 saturated carbocycles. The number of carboxylic acid groups (broad SMARTS) is 1. The van der Waals surface area contributed by atoms with Gasteiger partial charge in [0.05, 0.1) is 24.2 Å². The summed E-state index contributed by atoms with van der Waals surface area (Å²) in [4.78, 5) is 164. The Morgan fingerprint density at radius 1 is 0.250 bits per heavy atom. The number of carboxylic acids is 1. The van der Waals surface area contributed by atoms with Crippen molar-refractivity contribution in [3.05, 3.63) is 0 Å².